The summed E-state index contributed by atoms with van der Waals surface area (Å²) in [7, 11) is 0. The van der Waals surface area contributed by atoms with E-state index >= 15 is 0 Å². The Bertz CT molecular complexity index is 1170. The van der Waals surface area contributed by atoms with Gasteiger partial charge in [0.15, 0.2) is 0 Å². The van der Waals surface area contributed by atoms with Gasteiger partial charge in [0.05, 0.1) is 11.4 Å². The van der Waals surface area contributed by atoms with Crippen molar-refractivity contribution in [3.63, 3.8) is 0 Å². The predicted molar refractivity (Wildman–Crippen MR) is 112 cm³/mol. The highest BCUT2D eigenvalue weighted by atomic mass is 14.7. The van der Waals surface area contributed by atoms with Crippen LogP contribution in [-0.4, -0.2) is 12.4 Å². The maximum atomic E-state index is 8.49. The Balaban J connectivity index is 1.72. The number of allylic oxidation sites excluding steroid dienone is 1. The van der Waals surface area contributed by atoms with Gasteiger partial charge in [0.2, 0.25) is 0 Å². The molecule has 0 saturated carbocycles. The van der Waals surface area contributed by atoms with Gasteiger partial charge in [0.25, 0.3) is 0 Å². The van der Waals surface area contributed by atoms with Crippen LogP contribution in [-0.2, 0) is 0 Å². The number of nitrogens with zero attached hydrogens (tertiary/aromatic N) is 1. The van der Waals surface area contributed by atoms with Crippen molar-refractivity contribution >= 4 is 39.7 Å². The highest BCUT2D eigenvalue weighted by Crippen LogP contribution is 2.23. The largest absolute Gasteiger partial charge is 0.300 e. The Hall–Kier alpha value is -3.52. The molecule has 1 N–H and O–H groups in total. The zero-order chi connectivity index (χ0) is 17.9. The number of fused-ring (bicyclic) bond motifs is 2. The van der Waals surface area contributed by atoms with Gasteiger partial charge in [-0.3, -0.25) is 4.99 Å². The monoisotopic (exact) mass is 334 g/mol. The topological polar surface area (TPSA) is 36.2 Å². The second-order valence-corrected chi connectivity index (χ2v) is 6.23. The average molecular weight is 334 g/mol. The SMILES string of the molecule is C=N/C(=C\C(=N)c1ccc2ccccc2c1)c1ccc2ccccc2c1. The van der Waals surface area contributed by atoms with Crippen molar-refractivity contribution in [1.29, 1.82) is 5.41 Å². The molecule has 0 fully saturated rings. The minimum Gasteiger partial charge on any atom is -0.300 e. The zero-order valence-corrected chi connectivity index (χ0v) is 14.3. The third-order valence-corrected chi connectivity index (χ3v) is 4.56. The third-order valence-electron chi connectivity index (χ3n) is 4.56. The van der Waals surface area contributed by atoms with Crippen LogP contribution in [0.3, 0.4) is 0 Å². The van der Waals surface area contributed by atoms with Crippen molar-refractivity contribution in [3.05, 3.63) is 102 Å². The fraction of sp³-hybridized carbons (Fsp3) is 0. The van der Waals surface area contributed by atoms with Gasteiger partial charge in [-0.25, -0.2) is 0 Å². The summed E-state index contributed by atoms with van der Waals surface area (Å²) in [6.07, 6.45) is 1.78. The molecule has 0 heterocycles. The van der Waals surface area contributed by atoms with Crippen LogP contribution in [0.15, 0.2) is 96.0 Å². The van der Waals surface area contributed by atoms with Crippen molar-refractivity contribution in [1.82, 2.24) is 0 Å². The van der Waals surface area contributed by atoms with Crippen LogP contribution in [0.5, 0.6) is 0 Å². The first-order valence-electron chi connectivity index (χ1n) is 8.50. The molecule has 0 radical (unpaired) electrons. The maximum absolute atomic E-state index is 8.49. The molecule has 4 aromatic rings. The van der Waals surface area contributed by atoms with Gasteiger partial charge in [-0.15, -0.1) is 0 Å². The molecule has 0 amide bonds. The van der Waals surface area contributed by atoms with E-state index in [4.69, 9.17) is 5.41 Å². The lowest BCUT2D eigenvalue weighted by atomic mass is 10.0. The van der Waals surface area contributed by atoms with Gasteiger partial charge in [0.1, 0.15) is 0 Å². The Morgan fingerprint density at radius 3 is 1.77 bits per heavy atom. The second kappa shape index (κ2) is 6.77. The Morgan fingerprint density at radius 2 is 1.19 bits per heavy atom. The lowest BCUT2D eigenvalue weighted by molar-refractivity contribution is 1.48. The summed E-state index contributed by atoms with van der Waals surface area (Å²) in [4.78, 5) is 4.16. The molecule has 26 heavy (non-hydrogen) atoms. The zero-order valence-electron chi connectivity index (χ0n) is 14.3. The first kappa shape index (κ1) is 16.0. The predicted octanol–water partition coefficient (Wildman–Crippen LogP) is 6.10. The Kier molecular flexibility index (Phi) is 4.16. The van der Waals surface area contributed by atoms with E-state index in [0.717, 1.165) is 21.9 Å². The van der Waals surface area contributed by atoms with Gasteiger partial charge in [-0.2, -0.15) is 0 Å². The molecule has 2 heteroatoms. The van der Waals surface area contributed by atoms with Crippen LogP contribution in [0.2, 0.25) is 0 Å². The first-order chi connectivity index (χ1) is 12.7. The van der Waals surface area contributed by atoms with Gasteiger partial charge < -0.3 is 5.41 Å². The number of hydrogen-bond donors (Lipinski definition) is 1. The van der Waals surface area contributed by atoms with Gasteiger partial charge in [0, 0.05) is 11.1 Å². The summed E-state index contributed by atoms with van der Waals surface area (Å²) in [6.45, 7) is 3.70. The number of nitrogens with one attached hydrogen (secondary N) is 1. The molecule has 0 saturated heterocycles. The average Bonchev–Trinajstić information content (AvgIpc) is 2.71. The van der Waals surface area contributed by atoms with E-state index in [1.807, 2.05) is 48.5 Å². The van der Waals surface area contributed by atoms with Crippen LogP contribution in [0.1, 0.15) is 11.1 Å². The van der Waals surface area contributed by atoms with Gasteiger partial charge in [-0.05, 0) is 46.5 Å². The lowest BCUT2D eigenvalue weighted by Crippen LogP contribution is -1.96. The molecular formula is C24H18N2. The summed E-state index contributed by atoms with van der Waals surface area (Å²) in [5.74, 6) is 0. The van der Waals surface area contributed by atoms with Gasteiger partial charge >= 0.3 is 0 Å². The molecular weight excluding hydrogens is 316 g/mol. The van der Waals surface area contributed by atoms with Crippen LogP contribution >= 0.6 is 0 Å². The molecule has 4 aromatic carbocycles. The summed E-state index contributed by atoms with van der Waals surface area (Å²) in [5, 5.41) is 13.1. The van der Waals surface area contributed by atoms with Gasteiger partial charge in [-0.1, -0.05) is 72.8 Å². The second-order valence-electron chi connectivity index (χ2n) is 6.23. The fourth-order valence-corrected chi connectivity index (χ4v) is 3.15. The van der Waals surface area contributed by atoms with Crippen LogP contribution in [0.4, 0.5) is 0 Å². The van der Waals surface area contributed by atoms with Crippen LogP contribution in [0, 0.1) is 5.41 Å². The van der Waals surface area contributed by atoms with E-state index in [1.165, 1.54) is 10.8 Å². The molecule has 0 aliphatic heterocycles. The normalized spacial score (nSPS) is 11.6. The van der Waals surface area contributed by atoms with Crippen molar-refractivity contribution in [2.75, 3.05) is 0 Å². The molecule has 2 nitrogen and oxygen atoms in total. The molecule has 124 valence electrons. The Labute approximate surface area is 152 Å². The third kappa shape index (κ3) is 3.05. The number of aliphatic imine (C=N–C) groups is 1. The Morgan fingerprint density at radius 1 is 0.692 bits per heavy atom. The van der Waals surface area contributed by atoms with E-state index < -0.39 is 0 Å². The van der Waals surface area contributed by atoms with E-state index in [-0.39, 0.29) is 0 Å². The summed E-state index contributed by atoms with van der Waals surface area (Å²) >= 11 is 0. The van der Waals surface area contributed by atoms with Crippen LogP contribution < -0.4 is 0 Å². The molecule has 0 aliphatic carbocycles. The first-order valence-corrected chi connectivity index (χ1v) is 8.50. The molecule has 0 spiro atoms. The highest BCUT2D eigenvalue weighted by molar-refractivity contribution is 6.12. The molecule has 4 rings (SSSR count). The van der Waals surface area contributed by atoms with Crippen molar-refractivity contribution in [2.45, 2.75) is 0 Å². The standard InChI is InChI=1S/C24H18N2/c1-26-24(22-13-11-18-7-3-5-9-20(18)15-22)16-23(25)21-12-10-17-6-2-4-8-19(17)14-21/h2-16,25H,1H2/b24-16-,25-23?. The molecule has 0 bridgehead atoms. The van der Waals surface area contributed by atoms with E-state index in [2.05, 4.69) is 48.1 Å². The number of benzene rings is 4. The van der Waals surface area contributed by atoms with E-state index in [1.54, 1.807) is 6.08 Å². The minimum absolute atomic E-state index is 0.423. The number of hydrogen-bond acceptors (Lipinski definition) is 2. The van der Waals surface area contributed by atoms with Crippen molar-refractivity contribution in [3.8, 4) is 0 Å². The van der Waals surface area contributed by atoms with E-state index in [9.17, 15) is 0 Å². The smallest absolute Gasteiger partial charge is 0.0716 e. The quantitative estimate of drug-likeness (QED) is 0.438. The summed E-state index contributed by atoms with van der Waals surface area (Å²) < 4.78 is 0. The molecule has 0 aromatic heterocycles. The van der Waals surface area contributed by atoms with E-state index in [0.29, 0.717) is 11.4 Å². The molecule has 0 unspecified atom stereocenters. The molecule has 0 aliphatic rings. The summed E-state index contributed by atoms with van der Waals surface area (Å²) in [6, 6.07) is 28.6. The van der Waals surface area contributed by atoms with Crippen molar-refractivity contribution < 1.29 is 0 Å². The number of rotatable bonds is 4. The highest BCUT2D eigenvalue weighted by Gasteiger charge is 2.05. The minimum atomic E-state index is 0.423. The molecule has 0 atom stereocenters. The van der Waals surface area contributed by atoms with Crippen LogP contribution in [0.25, 0.3) is 27.2 Å². The maximum Gasteiger partial charge on any atom is 0.0716 e. The summed E-state index contributed by atoms with van der Waals surface area (Å²) in [5.41, 5.74) is 2.95. The van der Waals surface area contributed by atoms with Crippen molar-refractivity contribution in [2.24, 2.45) is 4.99 Å². The fourth-order valence-electron chi connectivity index (χ4n) is 3.15. The lowest BCUT2D eigenvalue weighted by Gasteiger charge is -2.06.